The molecule has 2 aromatic rings. The van der Waals surface area contributed by atoms with Crippen LogP contribution in [0.3, 0.4) is 0 Å². The van der Waals surface area contributed by atoms with Gasteiger partial charge in [0, 0.05) is 29.8 Å². The Balaban J connectivity index is 2.05. The molecule has 2 amide bonds. The summed E-state index contributed by atoms with van der Waals surface area (Å²) in [5, 5.41) is 5.59. The Kier molecular flexibility index (Phi) is 5.84. The molecule has 0 aliphatic rings. The van der Waals surface area contributed by atoms with Gasteiger partial charge in [0.15, 0.2) is 0 Å². The first-order valence-electron chi connectivity index (χ1n) is 7.76. The second-order valence-electron chi connectivity index (χ2n) is 5.81. The van der Waals surface area contributed by atoms with E-state index in [4.69, 9.17) is 0 Å². The molecule has 24 heavy (non-hydrogen) atoms. The van der Waals surface area contributed by atoms with E-state index in [9.17, 15) is 9.59 Å². The number of anilines is 2. The van der Waals surface area contributed by atoms with Gasteiger partial charge in [-0.05, 0) is 43.2 Å². The third kappa shape index (κ3) is 5.05. The Morgan fingerprint density at radius 2 is 1.79 bits per heavy atom. The number of hydrogen-bond donors (Lipinski definition) is 2. The zero-order valence-electron chi connectivity index (χ0n) is 14.0. The Hall–Kier alpha value is -2.95. The van der Waals surface area contributed by atoms with Gasteiger partial charge in [-0.3, -0.25) is 14.6 Å². The van der Waals surface area contributed by atoms with E-state index in [2.05, 4.69) is 15.6 Å². The van der Waals surface area contributed by atoms with Crippen molar-refractivity contribution in [1.29, 1.82) is 0 Å². The first-order valence-corrected chi connectivity index (χ1v) is 7.76. The molecule has 5 nitrogen and oxygen atoms in total. The van der Waals surface area contributed by atoms with Crippen LogP contribution in [0.5, 0.6) is 0 Å². The largest absolute Gasteiger partial charge is 0.322 e. The fourth-order valence-corrected chi connectivity index (χ4v) is 1.93. The maximum atomic E-state index is 12.1. The number of hydrogen-bond acceptors (Lipinski definition) is 3. The zero-order chi connectivity index (χ0) is 17.5. The summed E-state index contributed by atoms with van der Waals surface area (Å²) in [4.78, 5) is 28.0. The van der Waals surface area contributed by atoms with Gasteiger partial charge in [-0.1, -0.05) is 25.5 Å². The van der Waals surface area contributed by atoms with Crippen molar-refractivity contribution in [2.45, 2.75) is 20.8 Å². The fraction of sp³-hybridized carbons (Fsp3) is 0.211. The molecule has 1 aromatic heterocycles. The van der Waals surface area contributed by atoms with Crippen molar-refractivity contribution in [3.63, 3.8) is 0 Å². The molecular formula is C19H21N3O2. The van der Waals surface area contributed by atoms with Crippen LogP contribution < -0.4 is 10.6 Å². The molecular weight excluding hydrogens is 302 g/mol. The van der Waals surface area contributed by atoms with Gasteiger partial charge < -0.3 is 10.6 Å². The number of benzene rings is 1. The summed E-state index contributed by atoms with van der Waals surface area (Å²) >= 11 is 0. The summed E-state index contributed by atoms with van der Waals surface area (Å²) in [5.74, 6) is -0.111. The molecule has 0 saturated heterocycles. The molecule has 2 rings (SSSR count). The molecule has 0 aliphatic carbocycles. The van der Waals surface area contributed by atoms with E-state index in [-0.39, 0.29) is 11.8 Å². The molecule has 0 bridgehead atoms. The number of aromatic nitrogens is 1. The lowest BCUT2D eigenvalue weighted by atomic mass is 10.1. The first kappa shape index (κ1) is 17.4. The van der Waals surface area contributed by atoms with Crippen LogP contribution >= 0.6 is 0 Å². The summed E-state index contributed by atoms with van der Waals surface area (Å²) in [5.41, 5.74) is 2.71. The number of rotatable bonds is 5. The highest BCUT2D eigenvalue weighted by Crippen LogP contribution is 2.16. The zero-order valence-corrected chi connectivity index (χ0v) is 14.0. The number of allylic oxidation sites excluding steroid dienone is 1. The van der Waals surface area contributed by atoms with E-state index in [1.54, 1.807) is 48.7 Å². The summed E-state index contributed by atoms with van der Waals surface area (Å²) in [6.45, 7) is 6.00. The fourth-order valence-electron chi connectivity index (χ4n) is 1.93. The van der Waals surface area contributed by atoms with Crippen LogP contribution in [0, 0.1) is 5.92 Å². The van der Waals surface area contributed by atoms with Crippen LogP contribution in [0.15, 0.2) is 60.4 Å². The Bertz CT molecular complexity index is 752. The molecule has 0 atom stereocenters. The SMILES string of the molecule is C/C(=C\C(=O)Nc1cccc(NC(=O)c2cccnc2)c1)C(C)C. The molecule has 124 valence electrons. The van der Waals surface area contributed by atoms with Gasteiger partial charge in [0.25, 0.3) is 5.91 Å². The van der Waals surface area contributed by atoms with Gasteiger partial charge in [-0.15, -0.1) is 0 Å². The quantitative estimate of drug-likeness (QED) is 0.820. The molecule has 0 fully saturated rings. The van der Waals surface area contributed by atoms with Gasteiger partial charge in [-0.25, -0.2) is 0 Å². The molecule has 1 heterocycles. The molecule has 2 N–H and O–H groups in total. The van der Waals surface area contributed by atoms with Gasteiger partial charge in [0.05, 0.1) is 5.56 Å². The summed E-state index contributed by atoms with van der Waals surface area (Å²) in [6.07, 6.45) is 4.70. The number of carbonyl (C=O) groups is 2. The Morgan fingerprint density at radius 3 is 2.42 bits per heavy atom. The van der Waals surface area contributed by atoms with Crippen molar-refractivity contribution in [3.8, 4) is 0 Å². The molecule has 0 aliphatic heterocycles. The van der Waals surface area contributed by atoms with Crippen LogP contribution in [-0.4, -0.2) is 16.8 Å². The lowest BCUT2D eigenvalue weighted by molar-refractivity contribution is -0.112. The van der Waals surface area contributed by atoms with Crippen LogP contribution in [-0.2, 0) is 4.79 Å². The van der Waals surface area contributed by atoms with Crippen molar-refractivity contribution < 1.29 is 9.59 Å². The van der Waals surface area contributed by atoms with Gasteiger partial charge >= 0.3 is 0 Å². The summed E-state index contributed by atoms with van der Waals surface area (Å²) in [6, 6.07) is 10.4. The number of carbonyl (C=O) groups excluding carboxylic acids is 2. The van der Waals surface area contributed by atoms with Crippen molar-refractivity contribution in [2.75, 3.05) is 10.6 Å². The average Bonchev–Trinajstić information content (AvgIpc) is 2.55. The minimum atomic E-state index is -0.248. The van der Waals surface area contributed by atoms with Crippen molar-refractivity contribution in [2.24, 2.45) is 5.92 Å². The second-order valence-corrected chi connectivity index (χ2v) is 5.81. The lowest BCUT2D eigenvalue weighted by Crippen LogP contribution is -2.13. The lowest BCUT2D eigenvalue weighted by Gasteiger charge is -2.09. The third-order valence-electron chi connectivity index (χ3n) is 3.58. The Labute approximate surface area is 141 Å². The summed E-state index contributed by atoms with van der Waals surface area (Å²) < 4.78 is 0. The van der Waals surface area contributed by atoms with Crippen LogP contribution in [0.2, 0.25) is 0 Å². The monoisotopic (exact) mass is 323 g/mol. The van der Waals surface area contributed by atoms with E-state index < -0.39 is 0 Å². The van der Waals surface area contributed by atoms with E-state index in [1.807, 2.05) is 20.8 Å². The number of pyridine rings is 1. The highest BCUT2D eigenvalue weighted by molar-refractivity contribution is 6.05. The standard InChI is InChI=1S/C19H21N3O2/c1-13(2)14(3)10-18(23)21-16-7-4-8-17(11-16)22-19(24)15-6-5-9-20-12-15/h4-13H,1-3H3,(H,21,23)(H,22,24)/b14-10+. The van der Waals surface area contributed by atoms with E-state index in [1.165, 1.54) is 6.20 Å². The average molecular weight is 323 g/mol. The minimum absolute atomic E-state index is 0.183. The Morgan fingerprint density at radius 1 is 1.08 bits per heavy atom. The van der Waals surface area contributed by atoms with Crippen LogP contribution in [0.1, 0.15) is 31.1 Å². The number of nitrogens with one attached hydrogen (secondary N) is 2. The smallest absolute Gasteiger partial charge is 0.257 e. The predicted molar refractivity (Wildman–Crippen MR) is 95.9 cm³/mol. The van der Waals surface area contributed by atoms with Crippen LogP contribution in [0.25, 0.3) is 0 Å². The molecule has 5 heteroatoms. The van der Waals surface area contributed by atoms with E-state index in [0.29, 0.717) is 22.9 Å². The number of amides is 2. The van der Waals surface area contributed by atoms with Crippen molar-refractivity contribution in [1.82, 2.24) is 4.98 Å². The highest BCUT2D eigenvalue weighted by atomic mass is 16.2. The first-order chi connectivity index (χ1) is 11.5. The second kappa shape index (κ2) is 8.06. The highest BCUT2D eigenvalue weighted by Gasteiger charge is 2.07. The van der Waals surface area contributed by atoms with Gasteiger partial charge in [-0.2, -0.15) is 0 Å². The molecule has 1 aromatic carbocycles. The molecule has 0 radical (unpaired) electrons. The van der Waals surface area contributed by atoms with Gasteiger partial charge in [0.1, 0.15) is 0 Å². The molecule has 0 saturated carbocycles. The van der Waals surface area contributed by atoms with E-state index >= 15 is 0 Å². The maximum absolute atomic E-state index is 12.1. The maximum Gasteiger partial charge on any atom is 0.257 e. The van der Waals surface area contributed by atoms with Crippen molar-refractivity contribution >= 4 is 23.2 Å². The summed E-state index contributed by atoms with van der Waals surface area (Å²) in [7, 11) is 0. The third-order valence-corrected chi connectivity index (χ3v) is 3.58. The predicted octanol–water partition coefficient (Wildman–Crippen LogP) is 3.87. The minimum Gasteiger partial charge on any atom is -0.322 e. The van der Waals surface area contributed by atoms with E-state index in [0.717, 1.165) is 5.57 Å². The van der Waals surface area contributed by atoms with Crippen LogP contribution in [0.4, 0.5) is 11.4 Å². The molecule has 0 unspecified atom stereocenters. The number of nitrogens with zero attached hydrogens (tertiary/aromatic N) is 1. The normalized spacial score (nSPS) is 11.2. The topological polar surface area (TPSA) is 71.1 Å². The van der Waals surface area contributed by atoms with Gasteiger partial charge in [0.2, 0.25) is 5.91 Å². The molecule has 0 spiro atoms. The van der Waals surface area contributed by atoms with Crippen molar-refractivity contribution in [3.05, 3.63) is 66.0 Å².